The first kappa shape index (κ1) is 17.1. The van der Waals surface area contributed by atoms with Crippen LogP contribution in [0.15, 0.2) is 53.4 Å². The smallest absolute Gasteiger partial charge is 0.140 e. The standard InChI is InChI=1S/C19H17NO2S/c1-23-18-10-6-16(7-11-18)14-22-12-2-3-19(21)17-8-4-15(13-20)5-9-17/h4-11,19,21H,12,14H2,1H3. The fourth-order valence-corrected chi connectivity index (χ4v) is 2.31. The minimum Gasteiger partial charge on any atom is -0.376 e. The summed E-state index contributed by atoms with van der Waals surface area (Å²) in [6.07, 6.45) is 1.17. The van der Waals surface area contributed by atoms with E-state index in [2.05, 4.69) is 24.0 Å². The summed E-state index contributed by atoms with van der Waals surface area (Å²) in [5, 5.41) is 18.7. The average molecular weight is 323 g/mol. The lowest BCUT2D eigenvalue weighted by atomic mass is 10.1. The molecule has 0 saturated heterocycles. The van der Waals surface area contributed by atoms with Crippen molar-refractivity contribution >= 4 is 11.8 Å². The predicted octanol–water partition coefficient (Wildman–Crippen LogP) is 3.53. The van der Waals surface area contributed by atoms with Crippen LogP contribution < -0.4 is 0 Å². The Bertz CT molecular complexity index is 721. The van der Waals surface area contributed by atoms with Gasteiger partial charge >= 0.3 is 0 Å². The Labute approximate surface area is 140 Å². The highest BCUT2D eigenvalue weighted by atomic mass is 32.2. The summed E-state index contributed by atoms with van der Waals surface area (Å²) in [4.78, 5) is 1.22. The van der Waals surface area contributed by atoms with Gasteiger partial charge in [0.25, 0.3) is 0 Å². The Morgan fingerprint density at radius 2 is 1.83 bits per heavy atom. The Morgan fingerprint density at radius 3 is 2.43 bits per heavy atom. The van der Waals surface area contributed by atoms with Crippen molar-refractivity contribution in [3.63, 3.8) is 0 Å². The van der Waals surface area contributed by atoms with E-state index in [1.807, 2.05) is 24.5 Å². The molecule has 0 spiro atoms. The lowest BCUT2D eigenvalue weighted by Crippen LogP contribution is -1.96. The molecular weight excluding hydrogens is 306 g/mol. The number of benzene rings is 2. The average Bonchev–Trinajstić information content (AvgIpc) is 2.62. The molecule has 0 amide bonds. The Kier molecular flexibility index (Phi) is 6.72. The van der Waals surface area contributed by atoms with Crippen molar-refractivity contribution in [2.75, 3.05) is 12.9 Å². The number of hydrogen-bond acceptors (Lipinski definition) is 4. The molecule has 4 heteroatoms. The van der Waals surface area contributed by atoms with Gasteiger partial charge in [-0.25, -0.2) is 0 Å². The van der Waals surface area contributed by atoms with Crippen molar-refractivity contribution in [3.8, 4) is 17.9 Å². The number of ether oxygens (including phenoxy) is 1. The lowest BCUT2D eigenvalue weighted by molar-refractivity contribution is 0.153. The molecule has 0 fully saturated rings. The first-order valence-electron chi connectivity index (χ1n) is 7.10. The van der Waals surface area contributed by atoms with E-state index in [1.54, 1.807) is 36.0 Å². The minimum atomic E-state index is -0.868. The van der Waals surface area contributed by atoms with E-state index in [9.17, 15) is 5.11 Å². The highest BCUT2D eigenvalue weighted by Gasteiger charge is 2.02. The molecule has 0 aliphatic carbocycles. The van der Waals surface area contributed by atoms with Crippen LogP contribution in [0.2, 0.25) is 0 Å². The summed E-state index contributed by atoms with van der Waals surface area (Å²) in [6.45, 7) is 0.758. The maximum absolute atomic E-state index is 9.94. The van der Waals surface area contributed by atoms with Gasteiger partial charge in [-0.15, -0.1) is 11.8 Å². The molecule has 0 aliphatic rings. The number of nitrogens with zero attached hydrogens (tertiary/aromatic N) is 1. The quantitative estimate of drug-likeness (QED) is 0.519. The molecule has 1 unspecified atom stereocenters. The number of aliphatic hydroxyl groups is 1. The van der Waals surface area contributed by atoms with Crippen molar-refractivity contribution in [1.29, 1.82) is 5.26 Å². The topological polar surface area (TPSA) is 53.2 Å². The zero-order valence-electron chi connectivity index (χ0n) is 12.8. The van der Waals surface area contributed by atoms with Crippen LogP contribution in [0, 0.1) is 23.2 Å². The van der Waals surface area contributed by atoms with Crippen molar-refractivity contribution in [2.45, 2.75) is 17.6 Å². The first-order chi connectivity index (χ1) is 11.2. The van der Waals surface area contributed by atoms with Crippen LogP contribution in [-0.4, -0.2) is 18.0 Å². The van der Waals surface area contributed by atoms with Crippen LogP contribution in [0.25, 0.3) is 0 Å². The van der Waals surface area contributed by atoms with Crippen molar-refractivity contribution < 1.29 is 9.84 Å². The van der Waals surface area contributed by atoms with Gasteiger partial charge < -0.3 is 9.84 Å². The largest absolute Gasteiger partial charge is 0.376 e. The molecule has 1 N–H and O–H groups in total. The van der Waals surface area contributed by atoms with Crippen LogP contribution >= 0.6 is 11.8 Å². The zero-order valence-corrected chi connectivity index (χ0v) is 13.6. The molecule has 0 saturated carbocycles. The second-order valence-corrected chi connectivity index (χ2v) is 5.68. The van der Waals surface area contributed by atoms with Gasteiger partial charge in [0.1, 0.15) is 12.7 Å². The number of hydrogen-bond donors (Lipinski definition) is 1. The van der Waals surface area contributed by atoms with Gasteiger partial charge in [0, 0.05) is 4.90 Å². The Hall–Kier alpha value is -2.24. The summed E-state index contributed by atoms with van der Waals surface area (Å²) in [5.41, 5.74) is 2.33. The third kappa shape index (κ3) is 5.47. The second-order valence-electron chi connectivity index (χ2n) is 4.80. The Balaban J connectivity index is 1.79. The fourth-order valence-electron chi connectivity index (χ4n) is 1.90. The van der Waals surface area contributed by atoms with Gasteiger partial charge in [0.05, 0.1) is 18.2 Å². The number of nitriles is 1. The van der Waals surface area contributed by atoms with E-state index >= 15 is 0 Å². The van der Waals surface area contributed by atoms with Gasteiger partial charge in [0.2, 0.25) is 0 Å². The van der Waals surface area contributed by atoms with Crippen LogP contribution in [0.1, 0.15) is 22.8 Å². The maximum atomic E-state index is 9.94. The molecular formula is C19H17NO2S. The molecule has 0 aromatic heterocycles. The van der Waals surface area contributed by atoms with E-state index < -0.39 is 6.10 Å². The van der Waals surface area contributed by atoms with Crippen LogP contribution in [-0.2, 0) is 11.3 Å². The van der Waals surface area contributed by atoms with Gasteiger partial charge in [-0.3, -0.25) is 0 Å². The van der Waals surface area contributed by atoms with E-state index in [-0.39, 0.29) is 6.61 Å². The van der Waals surface area contributed by atoms with E-state index in [1.165, 1.54) is 4.90 Å². The molecule has 23 heavy (non-hydrogen) atoms. The number of thioether (sulfide) groups is 1. The zero-order chi connectivity index (χ0) is 16.5. The van der Waals surface area contributed by atoms with Gasteiger partial charge in [-0.05, 0) is 41.6 Å². The van der Waals surface area contributed by atoms with Crippen molar-refractivity contribution in [2.24, 2.45) is 0 Å². The van der Waals surface area contributed by atoms with Crippen LogP contribution in [0.4, 0.5) is 0 Å². The van der Waals surface area contributed by atoms with E-state index in [0.717, 1.165) is 5.56 Å². The molecule has 0 aliphatic heterocycles. The molecule has 116 valence electrons. The molecule has 2 aromatic rings. The molecule has 1 atom stereocenters. The van der Waals surface area contributed by atoms with E-state index in [4.69, 9.17) is 10.00 Å². The number of rotatable bonds is 5. The highest BCUT2D eigenvalue weighted by molar-refractivity contribution is 7.98. The monoisotopic (exact) mass is 323 g/mol. The molecule has 2 rings (SSSR count). The molecule has 3 nitrogen and oxygen atoms in total. The van der Waals surface area contributed by atoms with Gasteiger partial charge in [-0.1, -0.05) is 36.1 Å². The van der Waals surface area contributed by atoms with Crippen molar-refractivity contribution in [3.05, 3.63) is 65.2 Å². The normalized spacial score (nSPS) is 11.2. The summed E-state index contributed by atoms with van der Waals surface area (Å²) in [7, 11) is 0. The first-order valence-corrected chi connectivity index (χ1v) is 8.32. The maximum Gasteiger partial charge on any atom is 0.140 e. The molecule has 0 heterocycles. The Morgan fingerprint density at radius 1 is 1.13 bits per heavy atom. The summed E-state index contributed by atoms with van der Waals surface area (Å²) < 4.78 is 5.48. The molecule has 0 bridgehead atoms. The van der Waals surface area contributed by atoms with Gasteiger partial charge in [-0.2, -0.15) is 5.26 Å². The fraction of sp³-hybridized carbons (Fsp3) is 0.211. The van der Waals surface area contributed by atoms with Gasteiger partial charge in [0.15, 0.2) is 0 Å². The third-order valence-corrected chi connectivity index (χ3v) is 3.94. The highest BCUT2D eigenvalue weighted by Crippen LogP contribution is 2.15. The van der Waals surface area contributed by atoms with Crippen molar-refractivity contribution in [1.82, 2.24) is 0 Å². The van der Waals surface area contributed by atoms with Crippen LogP contribution in [0.3, 0.4) is 0 Å². The molecule has 2 aromatic carbocycles. The lowest BCUT2D eigenvalue weighted by Gasteiger charge is -2.04. The summed E-state index contributed by atoms with van der Waals surface area (Å²) >= 11 is 1.70. The predicted molar refractivity (Wildman–Crippen MR) is 91.8 cm³/mol. The van der Waals surface area contributed by atoms with E-state index in [0.29, 0.717) is 17.7 Å². The number of aliphatic hydroxyl groups excluding tert-OH is 1. The minimum absolute atomic E-state index is 0.262. The third-order valence-electron chi connectivity index (χ3n) is 3.20. The summed E-state index contributed by atoms with van der Waals surface area (Å²) in [5.74, 6) is 5.55. The molecule has 0 radical (unpaired) electrons. The van der Waals surface area contributed by atoms with Crippen LogP contribution in [0.5, 0.6) is 0 Å². The second kappa shape index (κ2) is 9.02. The summed E-state index contributed by atoms with van der Waals surface area (Å²) in [6, 6.07) is 16.9. The SMILES string of the molecule is CSc1ccc(COCC#CC(O)c2ccc(C#N)cc2)cc1.